The quantitative estimate of drug-likeness (QED) is 0.678. The van der Waals surface area contributed by atoms with Gasteiger partial charge in [-0.3, -0.25) is 0 Å². The van der Waals surface area contributed by atoms with E-state index in [1.807, 2.05) is 42.5 Å². The Bertz CT molecular complexity index is 845. The van der Waals surface area contributed by atoms with Crippen LogP contribution in [0.15, 0.2) is 42.5 Å². The number of hydrogen-bond donors (Lipinski definition) is 2. The normalized spacial score (nSPS) is 10.8. The minimum atomic E-state index is 0.330. The Labute approximate surface area is 145 Å². The third-order valence-corrected chi connectivity index (χ3v) is 4.51. The fourth-order valence-corrected chi connectivity index (χ4v) is 3.28. The average Bonchev–Trinajstić information content (AvgIpc) is 3.06. The standard InChI is InChI=1S/C18H20N4OS/c1-11(2)20-15-9-8-12(10-14(15)19)17-21-22-18(24-17)13-6-4-5-7-16(13)23-3/h4-11,20H,19H2,1-3H3. The van der Waals surface area contributed by atoms with Crippen LogP contribution in [0.2, 0.25) is 0 Å². The van der Waals surface area contributed by atoms with Crippen molar-refractivity contribution in [2.45, 2.75) is 19.9 Å². The zero-order chi connectivity index (χ0) is 17.1. The molecule has 0 atom stereocenters. The van der Waals surface area contributed by atoms with Crippen LogP contribution in [0.25, 0.3) is 21.1 Å². The molecule has 124 valence electrons. The summed E-state index contributed by atoms with van der Waals surface area (Å²) < 4.78 is 5.40. The lowest BCUT2D eigenvalue weighted by atomic mass is 10.1. The summed E-state index contributed by atoms with van der Waals surface area (Å²) in [7, 11) is 1.65. The van der Waals surface area contributed by atoms with Gasteiger partial charge in [0.2, 0.25) is 0 Å². The molecule has 5 nitrogen and oxygen atoms in total. The lowest BCUT2D eigenvalue weighted by Gasteiger charge is -2.12. The summed E-state index contributed by atoms with van der Waals surface area (Å²) in [6.45, 7) is 4.16. The minimum Gasteiger partial charge on any atom is -0.496 e. The van der Waals surface area contributed by atoms with Gasteiger partial charge in [-0.05, 0) is 44.2 Å². The van der Waals surface area contributed by atoms with Crippen LogP contribution < -0.4 is 15.8 Å². The fourth-order valence-electron chi connectivity index (χ4n) is 2.41. The van der Waals surface area contributed by atoms with Gasteiger partial charge >= 0.3 is 0 Å². The second kappa shape index (κ2) is 6.88. The van der Waals surface area contributed by atoms with Crippen LogP contribution in [0.3, 0.4) is 0 Å². The number of nitrogen functional groups attached to an aromatic ring is 1. The van der Waals surface area contributed by atoms with Gasteiger partial charge in [0, 0.05) is 11.6 Å². The van der Waals surface area contributed by atoms with E-state index < -0.39 is 0 Å². The number of para-hydroxylation sites is 1. The van der Waals surface area contributed by atoms with Gasteiger partial charge in [0.1, 0.15) is 10.8 Å². The van der Waals surface area contributed by atoms with Crippen molar-refractivity contribution in [2.75, 3.05) is 18.2 Å². The summed E-state index contributed by atoms with van der Waals surface area (Å²) in [5.74, 6) is 0.788. The monoisotopic (exact) mass is 340 g/mol. The molecule has 0 saturated heterocycles. The van der Waals surface area contributed by atoms with Crippen LogP contribution in [0, 0.1) is 0 Å². The molecular weight excluding hydrogens is 320 g/mol. The Hall–Kier alpha value is -2.60. The van der Waals surface area contributed by atoms with E-state index in [1.165, 1.54) is 11.3 Å². The molecular formula is C18H20N4OS. The van der Waals surface area contributed by atoms with E-state index in [0.717, 1.165) is 32.6 Å². The van der Waals surface area contributed by atoms with Gasteiger partial charge in [0.15, 0.2) is 5.01 Å². The van der Waals surface area contributed by atoms with Crippen molar-refractivity contribution in [3.63, 3.8) is 0 Å². The second-order valence-corrected chi connectivity index (χ2v) is 6.69. The number of nitrogens with zero attached hydrogens (tertiary/aromatic N) is 2. The van der Waals surface area contributed by atoms with Crippen LogP contribution in [0.1, 0.15) is 13.8 Å². The molecule has 2 aromatic carbocycles. The van der Waals surface area contributed by atoms with Crippen molar-refractivity contribution >= 4 is 22.7 Å². The molecule has 0 saturated carbocycles. The summed E-state index contributed by atoms with van der Waals surface area (Å²) in [5, 5.41) is 13.6. The number of hydrogen-bond acceptors (Lipinski definition) is 6. The van der Waals surface area contributed by atoms with E-state index in [1.54, 1.807) is 7.11 Å². The van der Waals surface area contributed by atoms with Gasteiger partial charge in [-0.1, -0.05) is 23.5 Å². The maximum Gasteiger partial charge on any atom is 0.151 e. The lowest BCUT2D eigenvalue weighted by Crippen LogP contribution is -2.11. The van der Waals surface area contributed by atoms with Crippen LogP contribution in [-0.4, -0.2) is 23.3 Å². The van der Waals surface area contributed by atoms with Gasteiger partial charge in [0.25, 0.3) is 0 Å². The van der Waals surface area contributed by atoms with E-state index in [2.05, 4.69) is 29.4 Å². The first-order chi connectivity index (χ1) is 11.6. The molecule has 1 aromatic heterocycles. The zero-order valence-corrected chi connectivity index (χ0v) is 14.7. The number of rotatable bonds is 5. The maximum absolute atomic E-state index is 6.14. The van der Waals surface area contributed by atoms with Crippen molar-refractivity contribution in [1.29, 1.82) is 0 Å². The van der Waals surface area contributed by atoms with E-state index in [-0.39, 0.29) is 0 Å². The third-order valence-electron chi connectivity index (χ3n) is 3.51. The molecule has 0 unspecified atom stereocenters. The lowest BCUT2D eigenvalue weighted by molar-refractivity contribution is 0.416. The Morgan fingerprint density at radius 2 is 1.83 bits per heavy atom. The van der Waals surface area contributed by atoms with E-state index in [0.29, 0.717) is 11.7 Å². The number of aromatic nitrogens is 2. The molecule has 0 aliphatic carbocycles. The number of anilines is 2. The van der Waals surface area contributed by atoms with Crippen LogP contribution >= 0.6 is 11.3 Å². The number of benzene rings is 2. The number of nitrogens with one attached hydrogen (secondary N) is 1. The second-order valence-electron chi connectivity index (χ2n) is 5.71. The van der Waals surface area contributed by atoms with E-state index >= 15 is 0 Å². The van der Waals surface area contributed by atoms with Crippen LogP contribution in [0.5, 0.6) is 5.75 Å². The fraction of sp³-hybridized carbons (Fsp3) is 0.222. The molecule has 0 bridgehead atoms. The predicted molar refractivity (Wildman–Crippen MR) is 101 cm³/mol. The first-order valence-electron chi connectivity index (χ1n) is 7.72. The van der Waals surface area contributed by atoms with Gasteiger partial charge in [0.05, 0.1) is 24.0 Å². The number of ether oxygens (including phenoxy) is 1. The van der Waals surface area contributed by atoms with Gasteiger partial charge in [-0.15, -0.1) is 10.2 Å². The molecule has 0 radical (unpaired) electrons. The molecule has 24 heavy (non-hydrogen) atoms. The van der Waals surface area contributed by atoms with Gasteiger partial charge < -0.3 is 15.8 Å². The molecule has 6 heteroatoms. The van der Waals surface area contributed by atoms with Crippen molar-refractivity contribution in [3.8, 4) is 26.9 Å². The van der Waals surface area contributed by atoms with E-state index in [4.69, 9.17) is 10.5 Å². The molecule has 0 spiro atoms. The number of nitrogens with two attached hydrogens (primary N) is 1. The highest BCUT2D eigenvalue weighted by atomic mass is 32.1. The topological polar surface area (TPSA) is 73.1 Å². The summed E-state index contributed by atoms with van der Waals surface area (Å²) in [6, 6.07) is 14.0. The Kier molecular flexibility index (Phi) is 4.66. The van der Waals surface area contributed by atoms with Crippen molar-refractivity contribution in [2.24, 2.45) is 0 Å². The summed E-state index contributed by atoms with van der Waals surface area (Å²) in [4.78, 5) is 0. The molecule has 0 amide bonds. The molecule has 3 rings (SSSR count). The smallest absolute Gasteiger partial charge is 0.151 e. The summed E-state index contributed by atoms with van der Waals surface area (Å²) >= 11 is 1.52. The molecule has 0 aliphatic heterocycles. The highest BCUT2D eigenvalue weighted by molar-refractivity contribution is 7.18. The molecule has 3 N–H and O–H groups in total. The highest BCUT2D eigenvalue weighted by Crippen LogP contribution is 2.36. The van der Waals surface area contributed by atoms with Gasteiger partial charge in [-0.25, -0.2) is 0 Å². The van der Waals surface area contributed by atoms with Crippen LogP contribution in [0.4, 0.5) is 11.4 Å². The summed E-state index contributed by atoms with van der Waals surface area (Å²) in [5.41, 5.74) is 9.68. The number of methoxy groups -OCH3 is 1. The van der Waals surface area contributed by atoms with Crippen molar-refractivity contribution in [3.05, 3.63) is 42.5 Å². The SMILES string of the molecule is COc1ccccc1-c1nnc(-c2ccc(NC(C)C)c(N)c2)s1. The largest absolute Gasteiger partial charge is 0.496 e. The zero-order valence-electron chi connectivity index (χ0n) is 13.9. The Morgan fingerprint density at radius 1 is 1.08 bits per heavy atom. The highest BCUT2D eigenvalue weighted by Gasteiger charge is 2.13. The molecule has 3 aromatic rings. The first kappa shape index (κ1) is 16.3. The third kappa shape index (κ3) is 3.33. The average molecular weight is 340 g/mol. The Morgan fingerprint density at radius 3 is 2.54 bits per heavy atom. The maximum atomic E-state index is 6.14. The minimum absolute atomic E-state index is 0.330. The predicted octanol–water partition coefficient (Wildman–Crippen LogP) is 4.28. The Balaban J connectivity index is 1.92. The molecule has 1 heterocycles. The van der Waals surface area contributed by atoms with Crippen LogP contribution in [-0.2, 0) is 0 Å². The molecule has 0 aliphatic rings. The van der Waals surface area contributed by atoms with Crippen molar-refractivity contribution in [1.82, 2.24) is 10.2 Å². The van der Waals surface area contributed by atoms with Gasteiger partial charge in [-0.2, -0.15) is 0 Å². The van der Waals surface area contributed by atoms with E-state index in [9.17, 15) is 0 Å². The summed E-state index contributed by atoms with van der Waals surface area (Å²) in [6.07, 6.45) is 0. The van der Waals surface area contributed by atoms with Crippen molar-refractivity contribution < 1.29 is 4.74 Å². The molecule has 0 fully saturated rings. The first-order valence-corrected chi connectivity index (χ1v) is 8.53.